The molecule has 20 heavy (non-hydrogen) atoms. The maximum absolute atomic E-state index is 2.52. The van der Waals surface area contributed by atoms with Crippen LogP contribution in [-0.2, 0) is 17.1 Å². The van der Waals surface area contributed by atoms with Crippen molar-refractivity contribution in [3.8, 4) is 0 Å². The Balaban J connectivity index is 0.000000507. The van der Waals surface area contributed by atoms with E-state index in [9.17, 15) is 0 Å². The van der Waals surface area contributed by atoms with E-state index in [-0.39, 0.29) is 25.0 Å². The van der Waals surface area contributed by atoms with Crippen molar-refractivity contribution in [3.63, 3.8) is 0 Å². The van der Waals surface area contributed by atoms with Crippen molar-refractivity contribution in [3.05, 3.63) is 12.1 Å². The smallest absolute Gasteiger partial charge is 0.00448 e. The summed E-state index contributed by atoms with van der Waals surface area (Å²) in [6.07, 6.45) is 14.1. The summed E-state index contributed by atoms with van der Waals surface area (Å²) in [4.78, 5) is 0. The van der Waals surface area contributed by atoms with Gasteiger partial charge in [-0.05, 0) is 29.6 Å². The predicted octanol–water partition coefficient (Wildman–Crippen LogP) is 6.93. The maximum atomic E-state index is 2.52. The molecule has 2 fully saturated rings. The van der Waals surface area contributed by atoms with Crippen LogP contribution >= 0.6 is 7.92 Å². The van der Waals surface area contributed by atoms with Crippen LogP contribution in [0, 0.1) is 12.1 Å². The molecular weight excluding hydrogens is 303 g/mol. The summed E-state index contributed by atoms with van der Waals surface area (Å²) in [6.45, 7) is 14.4. The summed E-state index contributed by atoms with van der Waals surface area (Å²) in [5, 5.41) is 0.924. The Morgan fingerprint density at radius 3 is 1.40 bits per heavy atom. The van der Waals surface area contributed by atoms with Crippen LogP contribution < -0.4 is 0 Å². The SMILES string of the molecule is C1CCCC1.CC(C)(C)P([C]1[CH]CCC1)C(C)(C)C.[Fe]. The normalized spacial score (nSPS) is 20.6. The fourth-order valence-electron chi connectivity index (χ4n) is 3.61. The first-order valence-electron chi connectivity index (χ1n) is 8.22. The first-order valence-corrected chi connectivity index (χ1v) is 9.56. The first-order chi connectivity index (χ1) is 8.73. The average Bonchev–Trinajstić information content (AvgIpc) is 2.86. The van der Waals surface area contributed by atoms with Gasteiger partial charge < -0.3 is 0 Å². The second-order valence-corrected chi connectivity index (χ2v) is 12.0. The van der Waals surface area contributed by atoms with E-state index < -0.39 is 0 Å². The van der Waals surface area contributed by atoms with E-state index in [0.717, 1.165) is 0 Å². The average molecular weight is 338 g/mol. The summed E-state index contributed by atoms with van der Waals surface area (Å²) in [6, 6.07) is 0. The predicted molar refractivity (Wildman–Crippen MR) is 90.9 cm³/mol. The van der Waals surface area contributed by atoms with E-state index >= 15 is 0 Å². The van der Waals surface area contributed by atoms with Crippen LogP contribution in [0.5, 0.6) is 0 Å². The molecule has 0 aromatic rings. The number of rotatable bonds is 1. The van der Waals surface area contributed by atoms with Crippen LogP contribution in [0.4, 0.5) is 0 Å². The van der Waals surface area contributed by atoms with E-state index in [0.29, 0.717) is 10.3 Å². The van der Waals surface area contributed by atoms with Gasteiger partial charge in [-0.1, -0.05) is 88.0 Å². The molecule has 0 nitrogen and oxygen atoms in total. The standard InChI is InChI=1S/C13H25P.C5H10.Fe/c1-12(2,3)14(13(4,5)6)11-9-7-8-10-11;1-2-4-5-3-1;/h9H,7-8,10H2,1-6H3;1-5H2;. The van der Waals surface area contributed by atoms with Crippen molar-refractivity contribution in [2.75, 3.05) is 0 Å². The molecule has 0 bridgehead atoms. The van der Waals surface area contributed by atoms with Gasteiger partial charge in [0.15, 0.2) is 0 Å². The summed E-state index contributed by atoms with van der Waals surface area (Å²) >= 11 is 0. The van der Waals surface area contributed by atoms with Crippen LogP contribution in [-0.4, -0.2) is 10.3 Å². The van der Waals surface area contributed by atoms with Crippen LogP contribution in [0.15, 0.2) is 0 Å². The Hall–Kier alpha value is 0.949. The van der Waals surface area contributed by atoms with E-state index in [1.165, 1.54) is 51.4 Å². The first kappa shape index (κ1) is 20.9. The molecule has 2 rings (SSSR count). The molecule has 0 N–H and O–H groups in total. The summed E-state index contributed by atoms with van der Waals surface area (Å²) < 4.78 is 0. The van der Waals surface area contributed by atoms with E-state index in [2.05, 4.69) is 48.0 Å². The minimum atomic E-state index is 0. The van der Waals surface area contributed by atoms with Gasteiger partial charge in [-0.15, -0.1) is 0 Å². The molecule has 0 aliphatic heterocycles. The summed E-state index contributed by atoms with van der Waals surface area (Å²) in [5.41, 5.74) is 1.78. The molecule has 2 aliphatic carbocycles. The molecule has 2 aliphatic rings. The Morgan fingerprint density at radius 1 is 0.750 bits per heavy atom. The fraction of sp³-hybridized carbons (Fsp3) is 0.889. The molecule has 0 atom stereocenters. The molecule has 0 amide bonds. The van der Waals surface area contributed by atoms with Gasteiger partial charge in [-0.25, -0.2) is 0 Å². The van der Waals surface area contributed by atoms with Gasteiger partial charge in [-0.3, -0.25) is 0 Å². The summed E-state index contributed by atoms with van der Waals surface area (Å²) in [5.74, 6) is 0. The zero-order valence-electron chi connectivity index (χ0n) is 14.5. The maximum Gasteiger partial charge on any atom is 0.00448 e. The van der Waals surface area contributed by atoms with Gasteiger partial charge in [0.05, 0.1) is 0 Å². The Morgan fingerprint density at radius 2 is 1.15 bits per heavy atom. The van der Waals surface area contributed by atoms with Gasteiger partial charge in [0.2, 0.25) is 0 Å². The van der Waals surface area contributed by atoms with Crippen LogP contribution in [0.1, 0.15) is 92.9 Å². The molecule has 0 saturated heterocycles. The van der Waals surface area contributed by atoms with Gasteiger partial charge in [-0.2, -0.15) is 0 Å². The third-order valence-electron chi connectivity index (χ3n) is 3.90. The topological polar surface area (TPSA) is 0 Å². The molecular formula is C18H35FeP. The zero-order chi connectivity index (χ0) is 14.5. The van der Waals surface area contributed by atoms with E-state index in [4.69, 9.17) is 0 Å². The van der Waals surface area contributed by atoms with E-state index in [1.54, 1.807) is 5.66 Å². The molecule has 2 saturated carbocycles. The molecule has 2 heteroatoms. The van der Waals surface area contributed by atoms with Crippen molar-refractivity contribution >= 4 is 7.92 Å². The van der Waals surface area contributed by atoms with Crippen LogP contribution in [0.2, 0.25) is 0 Å². The van der Waals surface area contributed by atoms with Crippen molar-refractivity contribution in [2.45, 2.75) is 103 Å². The second kappa shape index (κ2) is 9.17. The number of hydrogen-bond acceptors (Lipinski definition) is 0. The largest absolute Gasteiger partial charge is 0.0880 e. The van der Waals surface area contributed by atoms with Crippen LogP contribution in [0.3, 0.4) is 0 Å². The third kappa shape index (κ3) is 7.28. The van der Waals surface area contributed by atoms with E-state index in [1.807, 2.05) is 0 Å². The molecule has 120 valence electrons. The Labute approximate surface area is 140 Å². The molecule has 0 aromatic carbocycles. The Bertz CT molecular complexity index is 218. The monoisotopic (exact) mass is 338 g/mol. The van der Waals surface area contributed by atoms with Gasteiger partial charge >= 0.3 is 0 Å². The minimum Gasteiger partial charge on any atom is -0.0880 e. The van der Waals surface area contributed by atoms with Gasteiger partial charge in [0.25, 0.3) is 0 Å². The molecule has 2 radical (unpaired) electrons. The zero-order valence-corrected chi connectivity index (χ0v) is 16.5. The second-order valence-electron chi connectivity index (χ2n) is 8.03. The van der Waals surface area contributed by atoms with Gasteiger partial charge in [0, 0.05) is 22.7 Å². The third-order valence-corrected chi connectivity index (χ3v) is 7.56. The number of hydrogen-bond donors (Lipinski definition) is 0. The van der Waals surface area contributed by atoms with Crippen molar-refractivity contribution in [2.24, 2.45) is 0 Å². The van der Waals surface area contributed by atoms with Crippen LogP contribution in [0.25, 0.3) is 0 Å². The van der Waals surface area contributed by atoms with Gasteiger partial charge in [0.1, 0.15) is 0 Å². The molecule has 0 spiro atoms. The quantitative estimate of drug-likeness (QED) is 0.359. The molecule has 0 unspecified atom stereocenters. The van der Waals surface area contributed by atoms with Crippen molar-refractivity contribution in [1.29, 1.82) is 0 Å². The van der Waals surface area contributed by atoms with Crippen molar-refractivity contribution in [1.82, 2.24) is 0 Å². The minimum absolute atomic E-state index is 0. The van der Waals surface area contributed by atoms with Crippen molar-refractivity contribution < 1.29 is 17.1 Å². The summed E-state index contributed by atoms with van der Waals surface area (Å²) in [7, 11) is 0.0172. The molecule has 0 heterocycles. The Kier molecular flexibility index (Phi) is 9.61. The fourth-order valence-corrected chi connectivity index (χ4v) is 8.04. The molecule has 0 aromatic heterocycles.